The predicted molar refractivity (Wildman–Crippen MR) is 43.5 cm³/mol. The fraction of sp³-hybridized carbons (Fsp3) is 0.875. The number of hydrogen-bond donors (Lipinski definition) is 2. The van der Waals surface area contributed by atoms with Crippen molar-refractivity contribution in [1.82, 2.24) is 4.90 Å². The van der Waals surface area contributed by atoms with E-state index in [0.29, 0.717) is 13.1 Å². The van der Waals surface area contributed by atoms with E-state index in [9.17, 15) is 15.0 Å². The standard InChI is InChI=1S/C8H15NO3/c1-7(2,11)6(10)9-4-8(3,12)5-9/h11-12H,4-5H2,1-3H3. The van der Waals surface area contributed by atoms with E-state index in [-0.39, 0.29) is 5.91 Å². The minimum absolute atomic E-state index is 0.315. The number of hydrogen-bond acceptors (Lipinski definition) is 3. The zero-order valence-electron chi connectivity index (χ0n) is 7.66. The molecule has 0 spiro atoms. The van der Waals surface area contributed by atoms with Crippen LogP contribution in [0.25, 0.3) is 0 Å². The first-order chi connectivity index (χ1) is 5.22. The van der Waals surface area contributed by atoms with Gasteiger partial charge in [0.25, 0.3) is 5.91 Å². The third-order valence-corrected chi connectivity index (χ3v) is 1.87. The van der Waals surface area contributed by atoms with Gasteiger partial charge in [0.05, 0.1) is 18.7 Å². The molecular weight excluding hydrogens is 158 g/mol. The molecule has 0 unspecified atom stereocenters. The summed E-state index contributed by atoms with van der Waals surface area (Å²) < 4.78 is 0. The number of likely N-dealkylation sites (tertiary alicyclic amines) is 1. The average Bonchev–Trinajstić information content (AvgIpc) is 1.78. The normalized spacial score (nSPS) is 21.9. The minimum atomic E-state index is -1.32. The number of amides is 1. The molecule has 2 N–H and O–H groups in total. The maximum Gasteiger partial charge on any atom is 0.254 e. The number of carbonyl (C=O) groups is 1. The Balaban J connectivity index is 2.50. The number of β-amino-alcohol motifs (C(OH)–C–C–N with tert-alkyl or cyclic N) is 1. The summed E-state index contributed by atoms with van der Waals surface area (Å²) in [6, 6.07) is 0. The van der Waals surface area contributed by atoms with Crippen molar-refractivity contribution < 1.29 is 15.0 Å². The number of nitrogens with zero attached hydrogens (tertiary/aromatic N) is 1. The minimum Gasteiger partial charge on any atom is -0.386 e. The Bertz CT molecular complexity index is 197. The number of aliphatic hydroxyl groups is 2. The molecule has 0 aromatic heterocycles. The fourth-order valence-electron chi connectivity index (χ4n) is 1.31. The summed E-state index contributed by atoms with van der Waals surface area (Å²) >= 11 is 0. The van der Waals surface area contributed by atoms with Gasteiger partial charge in [0.2, 0.25) is 0 Å². The lowest BCUT2D eigenvalue weighted by Gasteiger charge is -2.46. The third kappa shape index (κ3) is 1.76. The molecule has 0 aromatic rings. The summed E-state index contributed by atoms with van der Waals surface area (Å²) in [5.41, 5.74) is -2.09. The molecule has 70 valence electrons. The van der Waals surface area contributed by atoms with E-state index in [1.54, 1.807) is 6.92 Å². The monoisotopic (exact) mass is 173 g/mol. The molecule has 1 fully saturated rings. The Morgan fingerprint density at radius 1 is 1.50 bits per heavy atom. The quantitative estimate of drug-likeness (QED) is 0.554. The fourth-order valence-corrected chi connectivity index (χ4v) is 1.31. The highest BCUT2D eigenvalue weighted by Crippen LogP contribution is 2.22. The first-order valence-electron chi connectivity index (χ1n) is 3.96. The van der Waals surface area contributed by atoms with Crippen molar-refractivity contribution in [2.24, 2.45) is 0 Å². The van der Waals surface area contributed by atoms with Gasteiger partial charge in [-0.3, -0.25) is 4.79 Å². The van der Waals surface area contributed by atoms with Crippen LogP contribution in [0.5, 0.6) is 0 Å². The molecule has 1 heterocycles. The van der Waals surface area contributed by atoms with Gasteiger partial charge in [-0.1, -0.05) is 0 Å². The van der Waals surface area contributed by atoms with Crippen molar-refractivity contribution in [3.05, 3.63) is 0 Å². The van der Waals surface area contributed by atoms with E-state index in [2.05, 4.69) is 0 Å². The van der Waals surface area contributed by atoms with Crippen LogP contribution >= 0.6 is 0 Å². The first-order valence-corrected chi connectivity index (χ1v) is 3.96. The smallest absolute Gasteiger partial charge is 0.254 e. The second-order valence-electron chi connectivity index (χ2n) is 4.22. The largest absolute Gasteiger partial charge is 0.386 e. The molecule has 1 amide bonds. The second kappa shape index (κ2) is 2.44. The summed E-state index contributed by atoms with van der Waals surface area (Å²) in [5, 5.41) is 18.6. The van der Waals surface area contributed by atoms with Gasteiger partial charge in [0.15, 0.2) is 0 Å². The molecule has 1 saturated heterocycles. The van der Waals surface area contributed by atoms with Crippen LogP contribution in [0.2, 0.25) is 0 Å². The summed E-state index contributed by atoms with van der Waals surface area (Å²) in [6.07, 6.45) is 0. The molecule has 0 aliphatic carbocycles. The van der Waals surface area contributed by atoms with Gasteiger partial charge in [0.1, 0.15) is 5.60 Å². The first kappa shape index (κ1) is 9.48. The highest BCUT2D eigenvalue weighted by Gasteiger charge is 2.43. The van der Waals surface area contributed by atoms with Crippen LogP contribution in [-0.4, -0.2) is 45.3 Å². The lowest BCUT2D eigenvalue weighted by atomic mass is 9.94. The average molecular weight is 173 g/mol. The van der Waals surface area contributed by atoms with E-state index < -0.39 is 11.2 Å². The van der Waals surface area contributed by atoms with E-state index >= 15 is 0 Å². The van der Waals surface area contributed by atoms with Crippen molar-refractivity contribution in [1.29, 1.82) is 0 Å². The molecule has 1 aliphatic rings. The zero-order valence-corrected chi connectivity index (χ0v) is 7.66. The van der Waals surface area contributed by atoms with E-state index in [0.717, 1.165) is 0 Å². The van der Waals surface area contributed by atoms with Crippen molar-refractivity contribution in [2.75, 3.05) is 13.1 Å². The van der Waals surface area contributed by atoms with Gasteiger partial charge in [0, 0.05) is 0 Å². The Kier molecular flexibility index (Phi) is 1.92. The summed E-state index contributed by atoms with van der Waals surface area (Å²) in [4.78, 5) is 12.7. The molecule has 0 aromatic carbocycles. The Morgan fingerprint density at radius 3 is 2.17 bits per heavy atom. The zero-order chi connectivity index (χ0) is 9.57. The molecule has 12 heavy (non-hydrogen) atoms. The van der Waals surface area contributed by atoms with E-state index in [4.69, 9.17) is 0 Å². The number of carbonyl (C=O) groups excluding carboxylic acids is 1. The van der Waals surface area contributed by atoms with Gasteiger partial charge in [-0.15, -0.1) is 0 Å². The Labute approximate surface area is 71.8 Å². The van der Waals surface area contributed by atoms with Crippen LogP contribution in [0.3, 0.4) is 0 Å². The second-order valence-corrected chi connectivity index (χ2v) is 4.22. The molecule has 1 aliphatic heterocycles. The number of rotatable bonds is 1. The van der Waals surface area contributed by atoms with Crippen molar-refractivity contribution >= 4 is 5.91 Å². The molecular formula is C8H15NO3. The van der Waals surface area contributed by atoms with Gasteiger partial charge in [-0.2, -0.15) is 0 Å². The molecule has 4 nitrogen and oxygen atoms in total. The summed E-state index contributed by atoms with van der Waals surface area (Å²) in [6.45, 7) is 5.19. The molecule has 0 saturated carbocycles. The highest BCUT2D eigenvalue weighted by molar-refractivity contribution is 5.85. The van der Waals surface area contributed by atoms with Crippen LogP contribution in [0.4, 0.5) is 0 Å². The van der Waals surface area contributed by atoms with Crippen LogP contribution in [0.15, 0.2) is 0 Å². The molecule has 0 radical (unpaired) electrons. The third-order valence-electron chi connectivity index (χ3n) is 1.87. The molecule has 0 atom stereocenters. The molecule has 1 rings (SSSR count). The maximum atomic E-state index is 11.3. The maximum absolute atomic E-state index is 11.3. The summed E-state index contributed by atoms with van der Waals surface area (Å²) in [5.74, 6) is -0.325. The molecule has 0 bridgehead atoms. The highest BCUT2D eigenvalue weighted by atomic mass is 16.3. The van der Waals surface area contributed by atoms with Crippen LogP contribution in [0.1, 0.15) is 20.8 Å². The van der Waals surface area contributed by atoms with E-state index in [1.165, 1.54) is 18.7 Å². The van der Waals surface area contributed by atoms with Gasteiger partial charge < -0.3 is 15.1 Å². The van der Waals surface area contributed by atoms with Gasteiger partial charge in [-0.25, -0.2) is 0 Å². The van der Waals surface area contributed by atoms with E-state index in [1.807, 2.05) is 0 Å². The Morgan fingerprint density at radius 2 is 1.92 bits per heavy atom. The van der Waals surface area contributed by atoms with Crippen molar-refractivity contribution in [2.45, 2.75) is 32.0 Å². The van der Waals surface area contributed by atoms with Crippen LogP contribution in [0, 0.1) is 0 Å². The van der Waals surface area contributed by atoms with Crippen molar-refractivity contribution in [3.8, 4) is 0 Å². The SMILES string of the molecule is CC1(O)CN(C(=O)C(C)(C)O)C1. The van der Waals surface area contributed by atoms with Crippen LogP contribution in [-0.2, 0) is 4.79 Å². The Hall–Kier alpha value is -0.610. The van der Waals surface area contributed by atoms with Crippen LogP contribution < -0.4 is 0 Å². The predicted octanol–water partition coefficient (Wildman–Crippen LogP) is -0.649. The lowest BCUT2D eigenvalue weighted by Crippen LogP contribution is -2.65. The van der Waals surface area contributed by atoms with Gasteiger partial charge >= 0.3 is 0 Å². The topological polar surface area (TPSA) is 60.8 Å². The van der Waals surface area contributed by atoms with Crippen molar-refractivity contribution in [3.63, 3.8) is 0 Å². The van der Waals surface area contributed by atoms with Gasteiger partial charge in [-0.05, 0) is 20.8 Å². The molecule has 4 heteroatoms. The summed E-state index contributed by atoms with van der Waals surface area (Å²) in [7, 11) is 0. The lowest BCUT2D eigenvalue weighted by molar-refractivity contribution is -0.168.